The quantitative estimate of drug-likeness (QED) is 0.577. The van der Waals surface area contributed by atoms with Gasteiger partial charge in [-0.05, 0) is 25.2 Å². The van der Waals surface area contributed by atoms with Gasteiger partial charge in [-0.1, -0.05) is 39.7 Å². The number of allylic oxidation sites excluding steroid dienone is 2. The van der Waals surface area contributed by atoms with Crippen molar-refractivity contribution in [1.82, 2.24) is 5.32 Å². The van der Waals surface area contributed by atoms with Crippen LogP contribution in [0.15, 0.2) is 11.8 Å². The molecule has 3 nitrogen and oxygen atoms in total. The summed E-state index contributed by atoms with van der Waals surface area (Å²) in [5, 5.41) is 3.49. The SMILES string of the molecule is CC/C=C(/NCCCCCCC(N)=O)C(C)C. The van der Waals surface area contributed by atoms with E-state index in [9.17, 15) is 4.79 Å². The lowest BCUT2D eigenvalue weighted by molar-refractivity contribution is -0.118. The van der Waals surface area contributed by atoms with Crippen molar-refractivity contribution >= 4 is 5.91 Å². The van der Waals surface area contributed by atoms with Crippen LogP contribution in [0, 0.1) is 5.92 Å². The van der Waals surface area contributed by atoms with E-state index in [0.29, 0.717) is 12.3 Å². The Labute approximate surface area is 106 Å². The molecule has 0 heterocycles. The van der Waals surface area contributed by atoms with Crippen molar-refractivity contribution in [2.45, 2.75) is 59.3 Å². The third-order valence-corrected chi connectivity index (χ3v) is 2.73. The van der Waals surface area contributed by atoms with Crippen molar-refractivity contribution in [2.24, 2.45) is 11.7 Å². The molecule has 0 aliphatic heterocycles. The zero-order chi connectivity index (χ0) is 13.1. The first kappa shape index (κ1) is 16.0. The van der Waals surface area contributed by atoms with Gasteiger partial charge in [-0.25, -0.2) is 0 Å². The zero-order valence-corrected chi connectivity index (χ0v) is 11.6. The van der Waals surface area contributed by atoms with Gasteiger partial charge in [-0.2, -0.15) is 0 Å². The molecule has 100 valence electrons. The van der Waals surface area contributed by atoms with Crippen LogP contribution in [0.1, 0.15) is 59.3 Å². The summed E-state index contributed by atoms with van der Waals surface area (Å²) in [4.78, 5) is 10.5. The number of hydrogen-bond acceptors (Lipinski definition) is 2. The molecule has 0 fully saturated rings. The van der Waals surface area contributed by atoms with E-state index in [1.807, 2.05) is 0 Å². The zero-order valence-electron chi connectivity index (χ0n) is 11.6. The van der Waals surface area contributed by atoms with Crippen LogP contribution < -0.4 is 11.1 Å². The van der Waals surface area contributed by atoms with Gasteiger partial charge in [0.1, 0.15) is 0 Å². The van der Waals surface area contributed by atoms with Crippen LogP contribution in [-0.2, 0) is 4.79 Å². The summed E-state index contributed by atoms with van der Waals surface area (Å²) in [6.45, 7) is 7.61. The molecule has 0 unspecified atom stereocenters. The molecule has 3 heteroatoms. The highest BCUT2D eigenvalue weighted by Crippen LogP contribution is 2.08. The number of rotatable bonds is 10. The summed E-state index contributed by atoms with van der Waals surface area (Å²) in [6, 6.07) is 0. The molecule has 1 amide bonds. The number of unbranched alkanes of at least 4 members (excludes halogenated alkanes) is 3. The van der Waals surface area contributed by atoms with Crippen LogP contribution in [0.25, 0.3) is 0 Å². The van der Waals surface area contributed by atoms with E-state index < -0.39 is 0 Å². The van der Waals surface area contributed by atoms with E-state index in [0.717, 1.165) is 38.6 Å². The number of nitrogens with one attached hydrogen (secondary N) is 1. The van der Waals surface area contributed by atoms with E-state index in [4.69, 9.17) is 5.73 Å². The maximum Gasteiger partial charge on any atom is 0.217 e. The van der Waals surface area contributed by atoms with Gasteiger partial charge in [-0.15, -0.1) is 0 Å². The second-order valence-electron chi connectivity index (χ2n) is 4.78. The fourth-order valence-corrected chi connectivity index (χ4v) is 1.74. The molecule has 0 spiro atoms. The van der Waals surface area contributed by atoms with Crippen molar-refractivity contribution in [3.8, 4) is 0 Å². The maximum absolute atomic E-state index is 10.5. The first-order chi connectivity index (χ1) is 8.07. The third kappa shape index (κ3) is 9.91. The summed E-state index contributed by atoms with van der Waals surface area (Å²) in [7, 11) is 0. The van der Waals surface area contributed by atoms with E-state index in [-0.39, 0.29) is 5.91 Å². The van der Waals surface area contributed by atoms with Crippen molar-refractivity contribution < 1.29 is 4.79 Å². The maximum atomic E-state index is 10.5. The van der Waals surface area contributed by atoms with Gasteiger partial charge in [0.25, 0.3) is 0 Å². The number of carbonyl (C=O) groups is 1. The summed E-state index contributed by atoms with van der Waals surface area (Å²) in [6.07, 6.45) is 8.22. The van der Waals surface area contributed by atoms with Gasteiger partial charge < -0.3 is 11.1 Å². The molecule has 0 saturated carbocycles. The lowest BCUT2D eigenvalue weighted by Crippen LogP contribution is -2.18. The van der Waals surface area contributed by atoms with Gasteiger partial charge >= 0.3 is 0 Å². The number of nitrogens with two attached hydrogens (primary N) is 1. The van der Waals surface area contributed by atoms with Gasteiger partial charge in [0.2, 0.25) is 5.91 Å². The Morgan fingerprint density at radius 2 is 1.88 bits per heavy atom. The van der Waals surface area contributed by atoms with Crippen molar-refractivity contribution in [1.29, 1.82) is 0 Å². The highest BCUT2D eigenvalue weighted by molar-refractivity contribution is 5.73. The Kier molecular flexibility index (Phi) is 9.59. The lowest BCUT2D eigenvalue weighted by atomic mass is 10.1. The van der Waals surface area contributed by atoms with Crippen LogP contribution in [0.5, 0.6) is 0 Å². The monoisotopic (exact) mass is 240 g/mol. The van der Waals surface area contributed by atoms with E-state index in [1.165, 1.54) is 5.70 Å². The Balaban J connectivity index is 3.49. The molecular weight excluding hydrogens is 212 g/mol. The molecule has 3 N–H and O–H groups in total. The predicted octanol–water partition coefficient (Wildman–Crippen LogP) is 2.96. The highest BCUT2D eigenvalue weighted by Gasteiger charge is 2.01. The molecule has 0 rings (SSSR count). The fraction of sp³-hybridized carbons (Fsp3) is 0.786. The van der Waals surface area contributed by atoms with E-state index >= 15 is 0 Å². The largest absolute Gasteiger partial charge is 0.388 e. The van der Waals surface area contributed by atoms with Crippen molar-refractivity contribution in [2.75, 3.05) is 6.54 Å². The summed E-state index contributed by atoms with van der Waals surface area (Å²) >= 11 is 0. The topological polar surface area (TPSA) is 55.1 Å². The Bertz CT molecular complexity index is 234. The number of hydrogen-bond donors (Lipinski definition) is 2. The first-order valence-corrected chi connectivity index (χ1v) is 6.80. The van der Waals surface area contributed by atoms with Crippen LogP contribution in [0.3, 0.4) is 0 Å². The second kappa shape index (κ2) is 10.2. The van der Waals surface area contributed by atoms with Crippen molar-refractivity contribution in [3.63, 3.8) is 0 Å². The fourth-order valence-electron chi connectivity index (χ4n) is 1.74. The Morgan fingerprint density at radius 1 is 1.24 bits per heavy atom. The number of carbonyl (C=O) groups excluding carboxylic acids is 1. The van der Waals surface area contributed by atoms with Gasteiger partial charge in [0.05, 0.1) is 0 Å². The van der Waals surface area contributed by atoms with Gasteiger partial charge in [0.15, 0.2) is 0 Å². The van der Waals surface area contributed by atoms with Gasteiger partial charge in [-0.3, -0.25) is 4.79 Å². The van der Waals surface area contributed by atoms with Crippen LogP contribution in [0.4, 0.5) is 0 Å². The third-order valence-electron chi connectivity index (χ3n) is 2.73. The number of primary amides is 1. The summed E-state index contributed by atoms with van der Waals surface area (Å²) in [5.74, 6) is 0.390. The smallest absolute Gasteiger partial charge is 0.217 e. The van der Waals surface area contributed by atoms with E-state index in [2.05, 4.69) is 32.2 Å². The van der Waals surface area contributed by atoms with Crippen LogP contribution >= 0.6 is 0 Å². The minimum atomic E-state index is -0.184. The lowest BCUT2D eigenvalue weighted by Gasteiger charge is -2.14. The molecule has 0 bridgehead atoms. The molecule has 0 aromatic carbocycles. The molecule has 0 saturated heterocycles. The molecule has 0 atom stereocenters. The minimum Gasteiger partial charge on any atom is -0.388 e. The van der Waals surface area contributed by atoms with Crippen molar-refractivity contribution in [3.05, 3.63) is 11.8 Å². The molecule has 0 radical (unpaired) electrons. The number of amides is 1. The Morgan fingerprint density at radius 3 is 2.41 bits per heavy atom. The van der Waals surface area contributed by atoms with E-state index in [1.54, 1.807) is 0 Å². The van der Waals surface area contributed by atoms with Gasteiger partial charge in [0, 0.05) is 18.7 Å². The average molecular weight is 240 g/mol. The standard InChI is InChI=1S/C14H28N2O/c1-4-9-13(12(2)3)16-11-8-6-5-7-10-14(15)17/h9,12,16H,4-8,10-11H2,1-3H3,(H2,15,17)/b13-9+. The second-order valence-corrected chi connectivity index (χ2v) is 4.78. The molecular formula is C14H28N2O. The Hall–Kier alpha value is -0.990. The van der Waals surface area contributed by atoms with Crippen LogP contribution in [-0.4, -0.2) is 12.5 Å². The van der Waals surface area contributed by atoms with Crippen LogP contribution in [0.2, 0.25) is 0 Å². The highest BCUT2D eigenvalue weighted by atomic mass is 16.1. The molecule has 17 heavy (non-hydrogen) atoms. The summed E-state index contributed by atoms with van der Waals surface area (Å²) < 4.78 is 0. The summed E-state index contributed by atoms with van der Waals surface area (Å²) in [5.41, 5.74) is 6.43. The molecule has 0 aromatic rings. The molecule has 0 aliphatic rings. The molecule has 0 aliphatic carbocycles. The molecule has 0 aromatic heterocycles. The first-order valence-electron chi connectivity index (χ1n) is 6.80. The normalized spacial score (nSPS) is 11.9. The average Bonchev–Trinajstić information content (AvgIpc) is 2.25. The predicted molar refractivity (Wildman–Crippen MR) is 73.5 cm³/mol. The minimum absolute atomic E-state index is 0.184.